The lowest BCUT2D eigenvalue weighted by Gasteiger charge is -2.09. The van der Waals surface area contributed by atoms with Crippen molar-refractivity contribution in [2.45, 2.75) is 0 Å². The van der Waals surface area contributed by atoms with Gasteiger partial charge in [0, 0.05) is 13.1 Å². The smallest absolute Gasteiger partial charge is 0.256 e. The molecular weight excluding hydrogens is 308 g/mol. The van der Waals surface area contributed by atoms with E-state index in [0.29, 0.717) is 0 Å². The minimum absolute atomic E-state index is 0.0557. The van der Waals surface area contributed by atoms with Gasteiger partial charge in [-0.1, -0.05) is 42.5 Å². The number of aliphatic hydroxyl groups is 2. The van der Waals surface area contributed by atoms with Crippen LogP contribution in [0.25, 0.3) is 17.2 Å². The summed E-state index contributed by atoms with van der Waals surface area (Å²) < 4.78 is 0. The van der Waals surface area contributed by atoms with Crippen LogP contribution in [0.4, 0.5) is 0 Å². The van der Waals surface area contributed by atoms with Crippen LogP contribution in [0, 0.1) is 0 Å². The van der Waals surface area contributed by atoms with E-state index in [2.05, 4.69) is 10.6 Å². The summed E-state index contributed by atoms with van der Waals surface area (Å²) in [6, 6.07) is 13.3. The molecule has 0 aromatic heterocycles. The standard InChI is InChI=1S/C18H20N2O4/c21-10-8-19-17(23)16(18(24)20-9-11-22)12-14-7-6-13-4-2-1-3-5-15(13)14/h1-7,12,21-22H,8-11H2,(H,19,23)(H,20,24). The summed E-state index contributed by atoms with van der Waals surface area (Å²) in [7, 11) is 0. The maximum atomic E-state index is 12.2. The molecule has 2 aliphatic carbocycles. The second kappa shape index (κ2) is 8.81. The summed E-state index contributed by atoms with van der Waals surface area (Å²) in [6.45, 7) is -0.320. The van der Waals surface area contributed by atoms with Gasteiger partial charge in [0.25, 0.3) is 11.8 Å². The first-order valence-electron chi connectivity index (χ1n) is 7.65. The zero-order chi connectivity index (χ0) is 17.4. The number of carbonyl (C=O) groups is 2. The van der Waals surface area contributed by atoms with Gasteiger partial charge >= 0.3 is 0 Å². The third kappa shape index (κ3) is 4.41. The Bertz CT molecular complexity index is 690. The van der Waals surface area contributed by atoms with Crippen LogP contribution in [-0.4, -0.2) is 48.3 Å². The minimum Gasteiger partial charge on any atom is -0.395 e. The molecule has 126 valence electrons. The van der Waals surface area contributed by atoms with Gasteiger partial charge in [-0.3, -0.25) is 9.59 Å². The average Bonchev–Trinajstić information content (AvgIpc) is 2.81. The molecule has 0 saturated heterocycles. The highest BCUT2D eigenvalue weighted by Gasteiger charge is 2.19. The maximum absolute atomic E-state index is 12.2. The Balaban J connectivity index is 2.36. The Morgan fingerprint density at radius 1 is 0.875 bits per heavy atom. The van der Waals surface area contributed by atoms with Crippen LogP contribution >= 0.6 is 0 Å². The van der Waals surface area contributed by atoms with E-state index < -0.39 is 11.8 Å². The highest BCUT2D eigenvalue weighted by atomic mass is 16.3. The van der Waals surface area contributed by atoms with Gasteiger partial charge in [-0.05, 0) is 22.8 Å². The van der Waals surface area contributed by atoms with Gasteiger partial charge < -0.3 is 20.8 Å². The lowest BCUT2D eigenvalue weighted by Crippen LogP contribution is -2.36. The number of carbonyl (C=O) groups excluding carboxylic acids is 2. The normalized spacial score (nSPS) is 10.2. The molecule has 4 N–H and O–H groups in total. The molecule has 2 rings (SSSR count). The van der Waals surface area contributed by atoms with Gasteiger partial charge in [-0.25, -0.2) is 0 Å². The quantitative estimate of drug-likeness (QED) is 0.336. The first-order valence-corrected chi connectivity index (χ1v) is 7.65. The van der Waals surface area contributed by atoms with Gasteiger partial charge in [0.05, 0.1) is 13.2 Å². The molecule has 0 bridgehead atoms. The molecule has 0 aromatic rings. The number of hydrogen-bond donors (Lipinski definition) is 4. The molecule has 0 aromatic carbocycles. The summed E-state index contributed by atoms with van der Waals surface area (Å²) in [6.07, 6.45) is 1.52. The predicted octanol–water partition coefficient (Wildman–Crippen LogP) is 0.392. The van der Waals surface area contributed by atoms with Crippen molar-refractivity contribution in [2.24, 2.45) is 0 Å². The second-order valence-electron chi connectivity index (χ2n) is 5.09. The lowest BCUT2D eigenvalue weighted by atomic mass is 10.1. The van der Waals surface area contributed by atoms with E-state index in [4.69, 9.17) is 10.2 Å². The molecule has 0 atom stereocenters. The van der Waals surface area contributed by atoms with Crippen LogP contribution in [0.3, 0.4) is 0 Å². The van der Waals surface area contributed by atoms with Crippen molar-refractivity contribution < 1.29 is 19.8 Å². The van der Waals surface area contributed by atoms with E-state index in [1.165, 1.54) is 6.08 Å². The second-order valence-corrected chi connectivity index (χ2v) is 5.09. The van der Waals surface area contributed by atoms with E-state index in [9.17, 15) is 9.59 Å². The summed E-state index contributed by atoms with van der Waals surface area (Å²) in [5.41, 5.74) is 2.59. The number of rotatable bonds is 7. The van der Waals surface area contributed by atoms with Crippen molar-refractivity contribution in [2.75, 3.05) is 26.3 Å². The first-order chi connectivity index (χ1) is 11.7. The highest BCUT2D eigenvalue weighted by Crippen LogP contribution is 2.28. The van der Waals surface area contributed by atoms with Gasteiger partial charge in [0.2, 0.25) is 0 Å². The van der Waals surface area contributed by atoms with Crippen molar-refractivity contribution in [1.29, 1.82) is 0 Å². The van der Waals surface area contributed by atoms with Crippen LogP contribution in [0.15, 0.2) is 48.0 Å². The molecule has 0 heterocycles. The Morgan fingerprint density at radius 2 is 1.50 bits per heavy atom. The Hall–Kier alpha value is -2.70. The van der Waals surface area contributed by atoms with Crippen LogP contribution < -0.4 is 10.6 Å². The molecule has 2 amide bonds. The fraction of sp³-hybridized carbons (Fsp3) is 0.222. The van der Waals surface area contributed by atoms with E-state index in [-0.39, 0.29) is 31.9 Å². The molecule has 2 aliphatic rings. The predicted molar refractivity (Wildman–Crippen MR) is 91.2 cm³/mol. The summed E-state index contributed by atoms with van der Waals surface area (Å²) in [4.78, 5) is 24.4. The first kappa shape index (κ1) is 17.7. The molecule has 0 radical (unpaired) electrons. The van der Waals surface area contributed by atoms with Gasteiger partial charge in [0.15, 0.2) is 0 Å². The summed E-state index contributed by atoms with van der Waals surface area (Å²) >= 11 is 0. The van der Waals surface area contributed by atoms with E-state index in [1.54, 1.807) is 0 Å². The summed E-state index contributed by atoms with van der Waals surface area (Å²) in [5.74, 6) is -1.15. The molecule has 6 heteroatoms. The molecule has 0 unspecified atom stereocenters. The topological polar surface area (TPSA) is 98.7 Å². The minimum atomic E-state index is -0.575. The Morgan fingerprint density at radius 3 is 2.12 bits per heavy atom. The monoisotopic (exact) mass is 328 g/mol. The number of fused-ring (bicyclic) bond motifs is 1. The fourth-order valence-electron chi connectivity index (χ4n) is 2.28. The molecule has 0 saturated carbocycles. The van der Waals surface area contributed by atoms with E-state index in [0.717, 1.165) is 16.7 Å². The number of amides is 2. The molecule has 0 fully saturated rings. The SMILES string of the molecule is O=C(NCCO)C(=Cc1ccc2cccccc1-2)C(=O)NCCO. The molecule has 0 aliphatic heterocycles. The number of aliphatic hydroxyl groups excluding tert-OH is 2. The molecular formula is C18H20N2O4. The lowest BCUT2D eigenvalue weighted by molar-refractivity contribution is -0.123. The van der Waals surface area contributed by atoms with Crippen molar-refractivity contribution >= 4 is 17.9 Å². The van der Waals surface area contributed by atoms with Crippen LogP contribution in [0.2, 0.25) is 0 Å². The highest BCUT2D eigenvalue weighted by molar-refractivity contribution is 6.22. The van der Waals surface area contributed by atoms with E-state index in [1.807, 2.05) is 42.5 Å². The zero-order valence-corrected chi connectivity index (χ0v) is 13.2. The number of nitrogens with one attached hydrogen (secondary N) is 2. The van der Waals surface area contributed by atoms with Crippen molar-refractivity contribution in [3.05, 3.63) is 53.6 Å². The van der Waals surface area contributed by atoms with Gasteiger partial charge in [-0.15, -0.1) is 0 Å². The maximum Gasteiger partial charge on any atom is 0.256 e. The molecule has 24 heavy (non-hydrogen) atoms. The average molecular weight is 328 g/mol. The van der Waals surface area contributed by atoms with Crippen molar-refractivity contribution in [1.82, 2.24) is 10.6 Å². The Labute approximate surface area is 140 Å². The fourth-order valence-corrected chi connectivity index (χ4v) is 2.28. The molecule has 0 spiro atoms. The van der Waals surface area contributed by atoms with Gasteiger partial charge in [0.1, 0.15) is 5.57 Å². The van der Waals surface area contributed by atoms with Crippen molar-refractivity contribution in [3.8, 4) is 11.1 Å². The van der Waals surface area contributed by atoms with Crippen molar-refractivity contribution in [3.63, 3.8) is 0 Å². The van der Waals surface area contributed by atoms with Crippen LogP contribution in [0.1, 0.15) is 5.56 Å². The zero-order valence-electron chi connectivity index (χ0n) is 13.2. The van der Waals surface area contributed by atoms with E-state index >= 15 is 0 Å². The molecule has 6 nitrogen and oxygen atoms in total. The van der Waals surface area contributed by atoms with Gasteiger partial charge in [-0.2, -0.15) is 0 Å². The van der Waals surface area contributed by atoms with Crippen LogP contribution in [-0.2, 0) is 9.59 Å². The Kier molecular flexibility index (Phi) is 6.48. The largest absolute Gasteiger partial charge is 0.395 e. The number of hydrogen-bond acceptors (Lipinski definition) is 4. The third-order valence-corrected chi connectivity index (χ3v) is 3.41. The third-order valence-electron chi connectivity index (χ3n) is 3.41. The van der Waals surface area contributed by atoms with Crippen LogP contribution in [0.5, 0.6) is 0 Å². The summed E-state index contributed by atoms with van der Waals surface area (Å²) in [5, 5.41) is 22.6.